The van der Waals surface area contributed by atoms with Crippen LogP contribution in [0.25, 0.3) is 0 Å². The standard InChI is InChI=1S/C23H18Cl4N2O2/c1-31-29-17(12-15-7-10-18(24)21(27)13-15)11-14-5-8-16(9-6-14)23(30)28-22-19(25)3-2-4-20(22)26/h2-10,13H,11-12H2,1H3,(H,28,30). The van der Waals surface area contributed by atoms with Gasteiger partial charge < -0.3 is 10.2 Å². The molecule has 160 valence electrons. The second-order valence-electron chi connectivity index (χ2n) is 6.69. The van der Waals surface area contributed by atoms with Gasteiger partial charge in [-0.05, 0) is 47.5 Å². The number of carbonyl (C=O) groups excluding carboxylic acids is 1. The van der Waals surface area contributed by atoms with Crippen molar-refractivity contribution in [3.63, 3.8) is 0 Å². The van der Waals surface area contributed by atoms with E-state index in [0.717, 1.165) is 16.8 Å². The van der Waals surface area contributed by atoms with Gasteiger partial charge in [-0.25, -0.2) is 0 Å². The van der Waals surface area contributed by atoms with Gasteiger partial charge >= 0.3 is 0 Å². The van der Waals surface area contributed by atoms with Gasteiger partial charge in [0.25, 0.3) is 5.91 Å². The van der Waals surface area contributed by atoms with E-state index in [2.05, 4.69) is 10.5 Å². The van der Waals surface area contributed by atoms with Crippen molar-refractivity contribution >= 4 is 63.7 Å². The first-order valence-corrected chi connectivity index (χ1v) is 10.8. The van der Waals surface area contributed by atoms with Gasteiger partial charge in [0, 0.05) is 18.4 Å². The van der Waals surface area contributed by atoms with Crippen LogP contribution in [0.5, 0.6) is 0 Å². The zero-order chi connectivity index (χ0) is 22.4. The summed E-state index contributed by atoms with van der Waals surface area (Å²) in [6.07, 6.45) is 1.10. The molecule has 8 heteroatoms. The van der Waals surface area contributed by atoms with Crippen molar-refractivity contribution in [2.24, 2.45) is 5.16 Å². The molecular formula is C23H18Cl4N2O2. The molecule has 0 bridgehead atoms. The van der Waals surface area contributed by atoms with Crippen LogP contribution in [0.3, 0.4) is 0 Å². The van der Waals surface area contributed by atoms with Crippen molar-refractivity contribution in [1.82, 2.24) is 0 Å². The molecule has 3 rings (SSSR count). The van der Waals surface area contributed by atoms with E-state index in [4.69, 9.17) is 51.2 Å². The minimum absolute atomic E-state index is 0.303. The van der Waals surface area contributed by atoms with E-state index in [1.54, 1.807) is 36.4 Å². The Balaban J connectivity index is 1.70. The van der Waals surface area contributed by atoms with Crippen molar-refractivity contribution in [3.8, 4) is 0 Å². The Morgan fingerprint density at radius 3 is 2.06 bits per heavy atom. The number of benzene rings is 3. The van der Waals surface area contributed by atoms with E-state index in [9.17, 15) is 4.79 Å². The quantitative estimate of drug-likeness (QED) is 0.275. The summed E-state index contributed by atoms with van der Waals surface area (Å²) in [7, 11) is 1.50. The fourth-order valence-electron chi connectivity index (χ4n) is 2.95. The van der Waals surface area contributed by atoms with Crippen LogP contribution in [-0.4, -0.2) is 18.7 Å². The lowest BCUT2D eigenvalue weighted by atomic mass is 10.0. The third-order valence-electron chi connectivity index (χ3n) is 4.44. The number of para-hydroxylation sites is 1. The Labute approximate surface area is 200 Å². The number of hydrogen-bond donors (Lipinski definition) is 1. The Morgan fingerprint density at radius 2 is 1.45 bits per heavy atom. The first kappa shape index (κ1) is 23.4. The molecule has 0 saturated heterocycles. The number of nitrogens with one attached hydrogen (secondary N) is 1. The number of halogens is 4. The van der Waals surface area contributed by atoms with Crippen LogP contribution >= 0.6 is 46.4 Å². The van der Waals surface area contributed by atoms with Gasteiger partial charge in [0.05, 0.1) is 31.5 Å². The van der Waals surface area contributed by atoms with Gasteiger partial charge in [-0.3, -0.25) is 4.79 Å². The highest BCUT2D eigenvalue weighted by Crippen LogP contribution is 2.30. The largest absolute Gasteiger partial charge is 0.399 e. The van der Waals surface area contributed by atoms with Crippen LogP contribution in [0.15, 0.2) is 65.8 Å². The maximum Gasteiger partial charge on any atom is 0.255 e. The third-order valence-corrected chi connectivity index (χ3v) is 5.81. The van der Waals surface area contributed by atoms with Crippen molar-refractivity contribution in [2.45, 2.75) is 12.8 Å². The number of rotatable bonds is 7. The number of amides is 1. The minimum Gasteiger partial charge on any atom is -0.399 e. The summed E-state index contributed by atoms with van der Waals surface area (Å²) < 4.78 is 0. The molecule has 0 atom stereocenters. The van der Waals surface area contributed by atoms with Crippen molar-refractivity contribution < 1.29 is 9.63 Å². The molecule has 0 aliphatic heterocycles. The summed E-state index contributed by atoms with van der Waals surface area (Å²) in [6, 6.07) is 17.7. The van der Waals surface area contributed by atoms with Gasteiger partial charge in [0.15, 0.2) is 0 Å². The molecular weight excluding hydrogens is 478 g/mol. The number of nitrogens with zero attached hydrogens (tertiary/aromatic N) is 1. The van der Waals surface area contributed by atoms with E-state index < -0.39 is 0 Å². The summed E-state index contributed by atoms with van der Waals surface area (Å²) in [6.45, 7) is 0. The molecule has 1 amide bonds. The van der Waals surface area contributed by atoms with Crippen LogP contribution in [0, 0.1) is 0 Å². The summed E-state index contributed by atoms with van der Waals surface area (Å²) in [5, 5.41) is 8.62. The van der Waals surface area contributed by atoms with Crippen LogP contribution in [0.4, 0.5) is 5.69 Å². The average molecular weight is 496 g/mol. The van der Waals surface area contributed by atoms with Crippen LogP contribution in [0.2, 0.25) is 20.1 Å². The summed E-state index contributed by atoms with van der Waals surface area (Å²) in [4.78, 5) is 17.6. The lowest BCUT2D eigenvalue weighted by molar-refractivity contribution is 0.102. The number of oxime groups is 1. The molecule has 0 aliphatic rings. The van der Waals surface area contributed by atoms with Crippen molar-refractivity contribution in [2.75, 3.05) is 12.4 Å². The zero-order valence-electron chi connectivity index (χ0n) is 16.5. The predicted octanol–water partition coefficient (Wildman–Crippen LogP) is 7.34. The first-order chi connectivity index (χ1) is 14.9. The van der Waals surface area contributed by atoms with Gasteiger partial charge in [-0.15, -0.1) is 0 Å². The lowest BCUT2D eigenvalue weighted by Gasteiger charge is -2.10. The van der Waals surface area contributed by atoms with Gasteiger partial charge in [-0.1, -0.05) is 75.8 Å². The highest BCUT2D eigenvalue weighted by molar-refractivity contribution is 6.42. The van der Waals surface area contributed by atoms with E-state index in [0.29, 0.717) is 44.2 Å². The lowest BCUT2D eigenvalue weighted by Crippen LogP contribution is -2.13. The van der Waals surface area contributed by atoms with Crippen molar-refractivity contribution in [1.29, 1.82) is 0 Å². The number of carbonyl (C=O) groups is 1. The molecule has 31 heavy (non-hydrogen) atoms. The van der Waals surface area contributed by atoms with Crippen molar-refractivity contribution in [3.05, 3.63) is 97.4 Å². The molecule has 0 fully saturated rings. The SMILES string of the molecule is CON=C(Cc1ccc(C(=O)Nc2c(Cl)cccc2Cl)cc1)Cc1ccc(Cl)c(Cl)c1. The monoisotopic (exact) mass is 494 g/mol. The maximum atomic E-state index is 12.6. The molecule has 0 spiro atoms. The number of anilines is 1. The second kappa shape index (κ2) is 10.9. The second-order valence-corrected chi connectivity index (χ2v) is 8.32. The van der Waals surface area contributed by atoms with E-state index in [-0.39, 0.29) is 5.91 Å². The molecule has 0 aromatic heterocycles. The zero-order valence-corrected chi connectivity index (χ0v) is 19.5. The summed E-state index contributed by atoms with van der Waals surface area (Å²) >= 11 is 24.3. The topological polar surface area (TPSA) is 50.7 Å². The normalized spacial score (nSPS) is 11.3. The minimum atomic E-state index is -0.303. The Kier molecular flexibility index (Phi) is 8.22. The van der Waals surface area contributed by atoms with E-state index in [1.165, 1.54) is 7.11 Å². The van der Waals surface area contributed by atoms with Gasteiger partial charge in [0.1, 0.15) is 7.11 Å². The average Bonchev–Trinajstić information content (AvgIpc) is 2.74. The summed E-state index contributed by atoms with van der Waals surface area (Å²) in [5.41, 5.74) is 3.62. The molecule has 0 unspecified atom stereocenters. The molecule has 4 nitrogen and oxygen atoms in total. The molecule has 1 N–H and O–H groups in total. The van der Waals surface area contributed by atoms with Crippen LogP contribution in [0.1, 0.15) is 21.5 Å². The van der Waals surface area contributed by atoms with Gasteiger partial charge in [-0.2, -0.15) is 0 Å². The Hall–Kier alpha value is -2.24. The highest BCUT2D eigenvalue weighted by Gasteiger charge is 2.12. The number of hydrogen-bond acceptors (Lipinski definition) is 3. The fraction of sp³-hybridized carbons (Fsp3) is 0.130. The van der Waals surface area contributed by atoms with Crippen LogP contribution < -0.4 is 5.32 Å². The molecule has 0 saturated carbocycles. The summed E-state index contributed by atoms with van der Waals surface area (Å²) in [5.74, 6) is -0.303. The molecule has 0 aliphatic carbocycles. The molecule has 3 aromatic rings. The fourth-order valence-corrected chi connectivity index (χ4v) is 3.77. The van der Waals surface area contributed by atoms with E-state index in [1.807, 2.05) is 24.3 Å². The van der Waals surface area contributed by atoms with Gasteiger partial charge in [0.2, 0.25) is 0 Å². The maximum absolute atomic E-state index is 12.6. The molecule has 0 radical (unpaired) electrons. The predicted molar refractivity (Wildman–Crippen MR) is 129 cm³/mol. The molecule has 0 heterocycles. The smallest absolute Gasteiger partial charge is 0.255 e. The third kappa shape index (κ3) is 6.37. The molecule has 3 aromatic carbocycles. The van der Waals surface area contributed by atoms with Crippen LogP contribution in [-0.2, 0) is 17.7 Å². The first-order valence-electron chi connectivity index (χ1n) is 9.24. The highest BCUT2D eigenvalue weighted by atomic mass is 35.5. The Bertz CT molecular complexity index is 1090. The Morgan fingerprint density at radius 1 is 0.839 bits per heavy atom. The van der Waals surface area contributed by atoms with E-state index >= 15 is 0 Å².